The van der Waals surface area contributed by atoms with Crippen LogP contribution in [0.25, 0.3) is 0 Å². The summed E-state index contributed by atoms with van der Waals surface area (Å²) in [7, 11) is -3.52. The summed E-state index contributed by atoms with van der Waals surface area (Å²) in [5.74, 6) is -1.38. The van der Waals surface area contributed by atoms with E-state index in [9.17, 15) is 28.2 Å². The molecule has 30 heavy (non-hydrogen) atoms. The smallest absolute Gasteiger partial charge is 0.339 e. The highest BCUT2D eigenvalue weighted by molar-refractivity contribution is 7.90. The third-order valence-corrected chi connectivity index (χ3v) is 9.34. The minimum absolute atomic E-state index is 0.0157. The van der Waals surface area contributed by atoms with Crippen molar-refractivity contribution in [2.45, 2.75) is 70.5 Å². The van der Waals surface area contributed by atoms with Gasteiger partial charge in [-0.05, 0) is 67.8 Å². The van der Waals surface area contributed by atoms with Gasteiger partial charge in [0.2, 0.25) is 0 Å². The summed E-state index contributed by atoms with van der Waals surface area (Å²) in [6, 6.07) is 0. The molecule has 0 saturated heterocycles. The largest absolute Gasteiger partial charge is 0.447 e. The number of hydrogen-bond acceptors (Lipinski definition) is 7. The van der Waals surface area contributed by atoms with E-state index in [1.807, 2.05) is 6.92 Å². The Morgan fingerprint density at radius 1 is 1.23 bits per heavy atom. The van der Waals surface area contributed by atoms with Crippen LogP contribution < -0.4 is 0 Å². The molecule has 0 amide bonds. The highest BCUT2D eigenvalue weighted by Gasteiger charge is 2.69. The van der Waals surface area contributed by atoms with Crippen LogP contribution in [0, 0.1) is 28.6 Å². The molecule has 3 fully saturated rings. The summed E-state index contributed by atoms with van der Waals surface area (Å²) < 4.78 is 27.8. The van der Waals surface area contributed by atoms with E-state index >= 15 is 0 Å². The van der Waals surface area contributed by atoms with E-state index in [4.69, 9.17) is 4.74 Å². The Kier molecular flexibility index (Phi) is 5.03. The number of sulfone groups is 1. The topological polar surface area (TPSA) is 118 Å². The molecule has 0 aromatic heterocycles. The zero-order valence-corrected chi connectivity index (χ0v) is 18.7. The number of ketones is 1. The predicted molar refractivity (Wildman–Crippen MR) is 109 cm³/mol. The van der Waals surface area contributed by atoms with Crippen LogP contribution in [0.4, 0.5) is 0 Å². The van der Waals surface area contributed by atoms with Crippen LogP contribution in [0.15, 0.2) is 11.6 Å². The summed E-state index contributed by atoms with van der Waals surface area (Å²) in [6.07, 6.45) is 5.91. The number of carbonyl (C=O) groups excluding carboxylic acids is 2. The molecule has 7 atom stereocenters. The zero-order valence-electron chi connectivity index (χ0n) is 17.9. The monoisotopic (exact) mass is 440 g/mol. The lowest BCUT2D eigenvalue weighted by Crippen LogP contribution is -2.62. The lowest BCUT2D eigenvalue weighted by atomic mass is 9.45. The van der Waals surface area contributed by atoms with Crippen LogP contribution in [-0.4, -0.2) is 54.3 Å². The molecule has 8 heteroatoms. The van der Waals surface area contributed by atoms with Crippen molar-refractivity contribution in [1.29, 1.82) is 0 Å². The standard InChI is InChI=1S/C22H32O7S/c1-20-8-6-14(23)10-13(20)4-5-15-16-7-9-22(26,19(25)29-12-30(3,27)28)21(16,2)11-17(24)18(15)20/h10,15-18,24,26H,4-9,11-12H2,1-3H3/t15-,16-,17+,18+,20-,21-,22-/m0/s1. The van der Waals surface area contributed by atoms with Crippen LogP contribution in [0.2, 0.25) is 0 Å². The van der Waals surface area contributed by atoms with Crippen molar-refractivity contribution in [2.75, 3.05) is 12.2 Å². The zero-order chi connectivity index (χ0) is 22.1. The molecule has 4 rings (SSSR count). The molecule has 0 bridgehead atoms. The summed E-state index contributed by atoms with van der Waals surface area (Å²) >= 11 is 0. The van der Waals surface area contributed by atoms with Crippen molar-refractivity contribution >= 4 is 21.6 Å². The van der Waals surface area contributed by atoms with Gasteiger partial charge in [-0.2, -0.15) is 0 Å². The van der Waals surface area contributed by atoms with Crippen molar-refractivity contribution in [3.63, 3.8) is 0 Å². The van der Waals surface area contributed by atoms with E-state index in [-0.39, 0.29) is 41.8 Å². The fourth-order valence-electron chi connectivity index (χ4n) is 7.31. The lowest BCUT2D eigenvalue weighted by molar-refractivity contribution is -0.198. The highest BCUT2D eigenvalue weighted by Crippen LogP contribution is 2.67. The number of esters is 1. The van der Waals surface area contributed by atoms with E-state index in [0.29, 0.717) is 12.8 Å². The number of rotatable bonds is 3. The fourth-order valence-corrected chi connectivity index (χ4v) is 7.63. The lowest BCUT2D eigenvalue weighted by Gasteiger charge is -2.60. The van der Waals surface area contributed by atoms with Gasteiger partial charge in [-0.3, -0.25) is 4.79 Å². The van der Waals surface area contributed by atoms with Gasteiger partial charge in [-0.25, -0.2) is 13.2 Å². The molecule has 0 aliphatic heterocycles. The Hall–Kier alpha value is -1.25. The van der Waals surface area contributed by atoms with Gasteiger partial charge in [0, 0.05) is 18.1 Å². The van der Waals surface area contributed by atoms with Crippen LogP contribution in [0.1, 0.15) is 58.8 Å². The predicted octanol–water partition coefficient (Wildman–Crippen LogP) is 1.77. The van der Waals surface area contributed by atoms with Crippen LogP contribution in [0.3, 0.4) is 0 Å². The third kappa shape index (κ3) is 3.09. The molecule has 0 heterocycles. The Bertz CT molecular complexity index is 908. The molecule has 3 saturated carbocycles. The SMILES string of the molecule is C[C@]12CCC(=O)C=C1CC[C@@H]1[C@@H]2[C@H](O)C[C@@]2(C)[C@H]1CC[C@]2(O)C(=O)OCS(C)(=O)=O. The molecule has 2 N–H and O–H groups in total. The second kappa shape index (κ2) is 6.87. The molecule has 0 aromatic rings. The summed E-state index contributed by atoms with van der Waals surface area (Å²) in [6.45, 7) is 3.99. The molecule has 168 valence electrons. The van der Waals surface area contributed by atoms with Crippen molar-refractivity contribution in [3.8, 4) is 0 Å². The second-order valence-corrected chi connectivity index (χ2v) is 12.5. The number of hydrogen-bond donors (Lipinski definition) is 2. The minimum Gasteiger partial charge on any atom is -0.447 e. The first kappa shape index (κ1) is 22.0. The number of fused-ring (bicyclic) bond motifs is 5. The average Bonchev–Trinajstić information content (AvgIpc) is 2.91. The molecule has 4 aliphatic carbocycles. The Balaban J connectivity index is 1.65. The number of carbonyl (C=O) groups is 2. The van der Waals surface area contributed by atoms with E-state index < -0.39 is 38.9 Å². The van der Waals surface area contributed by atoms with Crippen molar-refractivity contribution < 1.29 is 33.0 Å². The number of ether oxygens (including phenoxy) is 1. The Labute approximate surface area is 177 Å². The maximum absolute atomic E-state index is 12.8. The second-order valence-electron chi connectivity index (χ2n) is 10.5. The van der Waals surface area contributed by atoms with Gasteiger partial charge < -0.3 is 14.9 Å². The van der Waals surface area contributed by atoms with Gasteiger partial charge in [0.15, 0.2) is 27.2 Å². The van der Waals surface area contributed by atoms with Crippen LogP contribution in [0.5, 0.6) is 0 Å². The van der Waals surface area contributed by atoms with Crippen molar-refractivity contribution in [2.24, 2.45) is 28.6 Å². The van der Waals surface area contributed by atoms with Gasteiger partial charge in [0.25, 0.3) is 0 Å². The molecular formula is C22H32O7S. The summed E-state index contributed by atoms with van der Waals surface area (Å²) in [4.78, 5) is 24.8. The Morgan fingerprint density at radius 3 is 2.60 bits per heavy atom. The highest BCUT2D eigenvalue weighted by atomic mass is 32.2. The molecule has 4 aliphatic rings. The van der Waals surface area contributed by atoms with Gasteiger partial charge in [0.1, 0.15) is 0 Å². The molecule has 0 aromatic carbocycles. The third-order valence-electron chi connectivity index (χ3n) is 8.79. The van der Waals surface area contributed by atoms with Crippen molar-refractivity contribution in [1.82, 2.24) is 0 Å². The first-order valence-corrected chi connectivity index (χ1v) is 12.9. The van der Waals surface area contributed by atoms with Crippen molar-refractivity contribution in [3.05, 3.63) is 11.6 Å². The van der Waals surface area contributed by atoms with E-state index in [2.05, 4.69) is 6.92 Å². The molecular weight excluding hydrogens is 408 g/mol. The van der Waals surface area contributed by atoms with Gasteiger partial charge >= 0.3 is 5.97 Å². The maximum atomic E-state index is 12.8. The summed E-state index contributed by atoms with van der Waals surface area (Å²) in [5.41, 5.74) is -1.81. The summed E-state index contributed by atoms with van der Waals surface area (Å²) in [5, 5.41) is 22.7. The first-order chi connectivity index (χ1) is 13.8. The molecule has 7 nitrogen and oxygen atoms in total. The molecule has 0 spiro atoms. The average molecular weight is 441 g/mol. The maximum Gasteiger partial charge on any atom is 0.339 e. The number of aliphatic hydroxyl groups is 2. The van der Waals surface area contributed by atoms with Gasteiger partial charge in [0.05, 0.1) is 6.10 Å². The van der Waals surface area contributed by atoms with E-state index in [1.54, 1.807) is 6.08 Å². The van der Waals surface area contributed by atoms with Gasteiger partial charge in [-0.1, -0.05) is 19.4 Å². The number of allylic oxidation sites excluding steroid dienone is 1. The van der Waals surface area contributed by atoms with E-state index in [0.717, 1.165) is 31.1 Å². The first-order valence-electron chi connectivity index (χ1n) is 10.8. The van der Waals surface area contributed by atoms with E-state index in [1.165, 1.54) is 0 Å². The van der Waals surface area contributed by atoms with Crippen LogP contribution >= 0.6 is 0 Å². The normalized spacial score (nSPS) is 45.8. The molecule has 0 radical (unpaired) electrons. The Morgan fingerprint density at radius 2 is 1.93 bits per heavy atom. The minimum atomic E-state index is -3.52. The van der Waals surface area contributed by atoms with Crippen LogP contribution in [-0.2, 0) is 24.2 Å². The number of aliphatic hydroxyl groups excluding tert-OH is 1. The molecule has 0 unspecified atom stereocenters. The quantitative estimate of drug-likeness (QED) is 0.642. The fraction of sp³-hybridized carbons (Fsp3) is 0.818. The van der Waals surface area contributed by atoms with Gasteiger partial charge in [-0.15, -0.1) is 0 Å².